The number of ether oxygens (including phenoxy) is 1. The summed E-state index contributed by atoms with van der Waals surface area (Å²) in [6.07, 6.45) is 5.03. The van der Waals surface area contributed by atoms with Crippen molar-refractivity contribution in [2.45, 2.75) is 38.3 Å². The molecule has 0 aliphatic heterocycles. The van der Waals surface area contributed by atoms with Crippen molar-refractivity contribution in [2.75, 3.05) is 0 Å². The highest BCUT2D eigenvalue weighted by molar-refractivity contribution is 5.69. The van der Waals surface area contributed by atoms with Gasteiger partial charge in [-0.3, -0.25) is 19.6 Å². The van der Waals surface area contributed by atoms with E-state index < -0.39 is 4.92 Å². The zero-order valence-corrected chi connectivity index (χ0v) is 12.6. The third-order valence-electron chi connectivity index (χ3n) is 3.98. The van der Waals surface area contributed by atoms with Gasteiger partial charge in [0.1, 0.15) is 18.5 Å². The van der Waals surface area contributed by atoms with Crippen LogP contribution in [0, 0.1) is 10.1 Å². The van der Waals surface area contributed by atoms with Crippen LogP contribution in [0.4, 0.5) is 5.69 Å². The van der Waals surface area contributed by atoms with Crippen molar-refractivity contribution < 1.29 is 14.5 Å². The molecule has 0 fully saturated rings. The maximum absolute atomic E-state index is 11.9. The lowest BCUT2D eigenvalue weighted by Gasteiger charge is -2.24. The molecule has 1 aromatic heterocycles. The number of benzene rings is 1. The van der Waals surface area contributed by atoms with Crippen LogP contribution < -0.4 is 0 Å². The molecule has 120 valence electrons. The molecule has 0 saturated carbocycles. The predicted octanol–water partition coefficient (Wildman–Crippen LogP) is 2.28. The average Bonchev–Trinajstić information content (AvgIpc) is 3.02. The van der Waals surface area contributed by atoms with Gasteiger partial charge in [0.15, 0.2) is 0 Å². The lowest BCUT2D eigenvalue weighted by molar-refractivity contribution is -0.385. The van der Waals surface area contributed by atoms with Crippen molar-refractivity contribution >= 4 is 11.7 Å². The maximum Gasteiger partial charge on any atom is 0.307 e. The number of aryl methyl sites for hydroxylation is 2. The number of hydrogen-bond acceptors (Lipinski definition) is 5. The van der Waals surface area contributed by atoms with E-state index in [0.29, 0.717) is 0 Å². The topological polar surface area (TPSA) is 87.3 Å². The second-order valence-electron chi connectivity index (χ2n) is 5.59. The van der Waals surface area contributed by atoms with Gasteiger partial charge in [-0.05, 0) is 24.0 Å². The van der Waals surface area contributed by atoms with Gasteiger partial charge in [-0.15, -0.1) is 0 Å². The number of fused-ring (bicyclic) bond motifs is 1. The molecule has 1 aliphatic rings. The fraction of sp³-hybridized carbons (Fsp3) is 0.375. The highest BCUT2D eigenvalue weighted by Gasteiger charge is 2.21. The van der Waals surface area contributed by atoms with Crippen molar-refractivity contribution in [3.8, 4) is 0 Å². The minimum Gasteiger partial charge on any atom is -0.462 e. The second-order valence-corrected chi connectivity index (χ2v) is 5.59. The molecule has 0 amide bonds. The van der Waals surface area contributed by atoms with Crippen molar-refractivity contribution in [3.63, 3.8) is 0 Å². The molecule has 0 unspecified atom stereocenters. The highest BCUT2D eigenvalue weighted by atomic mass is 16.6. The number of nitro groups is 1. The molecule has 1 aliphatic carbocycles. The van der Waals surface area contributed by atoms with Gasteiger partial charge in [0, 0.05) is 6.42 Å². The van der Waals surface area contributed by atoms with Crippen LogP contribution >= 0.6 is 0 Å². The molecule has 7 nitrogen and oxygen atoms in total. The number of carbonyl (C=O) groups is 1. The fourth-order valence-electron chi connectivity index (χ4n) is 2.78. The van der Waals surface area contributed by atoms with E-state index >= 15 is 0 Å². The minimum atomic E-state index is -0.513. The largest absolute Gasteiger partial charge is 0.462 e. The standard InChI is InChI=1S/C16H17N3O4/c20-16(7-8-18-11-14(10-17-18)19(21)22)23-15-6-5-12-3-1-2-4-13(12)9-15/h1-4,10-11,15H,5-9H2/t15-/m0/s1. The molecule has 0 radical (unpaired) electrons. The molecule has 23 heavy (non-hydrogen) atoms. The van der Waals surface area contributed by atoms with Crippen LogP contribution in [-0.2, 0) is 28.9 Å². The van der Waals surface area contributed by atoms with Gasteiger partial charge in [-0.1, -0.05) is 24.3 Å². The van der Waals surface area contributed by atoms with Crippen molar-refractivity contribution in [1.82, 2.24) is 9.78 Å². The summed E-state index contributed by atoms with van der Waals surface area (Å²) in [6.45, 7) is 0.274. The molecule has 1 heterocycles. The van der Waals surface area contributed by atoms with Crippen LogP contribution in [0.15, 0.2) is 36.7 Å². The van der Waals surface area contributed by atoms with Crippen LogP contribution in [0.25, 0.3) is 0 Å². The third-order valence-corrected chi connectivity index (χ3v) is 3.98. The molecule has 2 aromatic rings. The van der Waals surface area contributed by atoms with E-state index in [1.165, 1.54) is 28.2 Å². The minimum absolute atomic E-state index is 0.0812. The Morgan fingerprint density at radius 1 is 1.39 bits per heavy atom. The number of carbonyl (C=O) groups excluding carboxylic acids is 1. The number of aromatic nitrogens is 2. The number of rotatable bonds is 5. The molecular formula is C16H17N3O4. The molecule has 1 aromatic carbocycles. The Hall–Kier alpha value is -2.70. The van der Waals surface area contributed by atoms with Crippen molar-refractivity contribution in [1.29, 1.82) is 0 Å². The molecule has 0 spiro atoms. The SMILES string of the molecule is O=C(CCn1cc([N+](=O)[O-])cn1)O[C@H]1CCc2ccccc2C1. The Morgan fingerprint density at radius 2 is 2.17 bits per heavy atom. The first-order valence-electron chi connectivity index (χ1n) is 7.55. The molecule has 0 N–H and O–H groups in total. The summed E-state index contributed by atoms with van der Waals surface area (Å²) in [7, 11) is 0. The summed E-state index contributed by atoms with van der Waals surface area (Å²) >= 11 is 0. The first kappa shape index (κ1) is 15.2. The Kier molecular flexibility index (Phi) is 4.36. The van der Waals surface area contributed by atoms with Gasteiger partial charge in [-0.2, -0.15) is 5.10 Å². The van der Waals surface area contributed by atoms with E-state index in [1.807, 2.05) is 12.1 Å². The second kappa shape index (κ2) is 6.60. The molecule has 1 atom stereocenters. The van der Waals surface area contributed by atoms with Crippen LogP contribution in [0.3, 0.4) is 0 Å². The van der Waals surface area contributed by atoms with Gasteiger partial charge >= 0.3 is 11.7 Å². The number of esters is 1. The van der Waals surface area contributed by atoms with Crippen LogP contribution in [-0.4, -0.2) is 26.8 Å². The van der Waals surface area contributed by atoms with Crippen LogP contribution in [0.5, 0.6) is 0 Å². The average molecular weight is 315 g/mol. The van der Waals surface area contributed by atoms with E-state index in [9.17, 15) is 14.9 Å². The maximum atomic E-state index is 11.9. The zero-order chi connectivity index (χ0) is 16.2. The lowest BCUT2D eigenvalue weighted by atomic mass is 9.90. The molecular weight excluding hydrogens is 298 g/mol. The molecule has 7 heteroatoms. The monoisotopic (exact) mass is 315 g/mol. The third kappa shape index (κ3) is 3.74. The number of hydrogen-bond donors (Lipinski definition) is 0. The smallest absolute Gasteiger partial charge is 0.307 e. The highest BCUT2D eigenvalue weighted by Crippen LogP contribution is 2.23. The Labute approximate surface area is 133 Å². The van der Waals surface area contributed by atoms with E-state index in [0.717, 1.165) is 19.3 Å². The van der Waals surface area contributed by atoms with E-state index in [-0.39, 0.29) is 30.7 Å². The summed E-state index contributed by atoms with van der Waals surface area (Å²) in [4.78, 5) is 22.0. The van der Waals surface area contributed by atoms with Gasteiger partial charge in [-0.25, -0.2) is 0 Å². The summed E-state index contributed by atoms with van der Waals surface area (Å²) in [5.41, 5.74) is 2.48. The van der Waals surface area contributed by atoms with E-state index in [4.69, 9.17) is 4.74 Å². The van der Waals surface area contributed by atoms with Gasteiger partial charge in [0.05, 0.1) is 17.9 Å². The molecule has 3 rings (SSSR count). The molecule has 0 bridgehead atoms. The fourth-order valence-corrected chi connectivity index (χ4v) is 2.78. The van der Waals surface area contributed by atoms with Crippen LogP contribution in [0.2, 0.25) is 0 Å². The normalized spacial score (nSPS) is 16.6. The summed E-state index contributed by atoms with van der Waals surface area (Å²) in [5, 5.41) is 14.4. The van der Waals surface area contributed by atoms with Crippen molar-refractivity contribution in [3.05, 3.63) is 57.9 Å². The predicted molar refractivity (Wildman–Crippen MR) is 81.8 cm³/mol. The van der Waals surface area contributed by atoms with E-state index in [1.54, 1.807) is 0 Å². The van der Waals surface area contributed by atoms with Gasteiger partial charge < -0.3 is 4.74 Å². The summed E-state index contributed by atoms with van der Waals surface area (Å²) in [6, 6.07) is 8.19. The zero-order valence-electron chi connectivity index (χ0n) is 12.6. The number of nitrogens with zero attached hydrogens (tertiary/aromatic N) is 3. The Morgan fingerprint density at radius 3 is 2.91 bits per heavy atom. The van der Waals surface area contributed by atoms with Gasteiger partial charge in [0.2, 0.25) is 0 Å². The van der Waals surface area contributed by atoms with Crippen molar-refractivity contribution in [2.24, 2.45) is 0 Å². The van der Waals surface area contributed by atoms with E-state index in [2.05, 4.69) is 17.2 Å². The quantitative estimate of drug-likeness (QED) is 0.480. The Balaban J connectivity index is 1.49. The van der Waals surface area contributed by atoms with Crippen LogP contribution in [0.1, 0.15) is 24.0 Å². The first-order valence-corrected chi connectivity index (χ1v) is 7.55. The Bertz CT molecular complexity index is 726. The summed E-state index contributed by atoms with van der Waals surface area (Å²) < 4.78 is 6.89. The lowest BCUT2D eigenvalue weighted by Crippen LogP contribution is -2.26. The first-order chi connectivity index (χ1) is 11.1. The van der Waals surface area contributed by atoms with Gasteiger partial charge in [0.25, 0.3) is 0 Å². The summed E-state index contributed by atoms with van der Waals surface area (Å²) in [5.74, 6) is -0.299. The molecule has 0 saturated heterocycles.